The second-order valence-corrected chi connectivity index (χ2v) is 4.00. The summed E-state index contributed by atoms with van der Waals surface area (Å²) in [6.45, 7) is -4.57. The maximum Gasteiger partial charge on any atom is 0.294 e. The minimum atomic E-state index is -1.86. The molecule has 148 valence electrons. The van der Waals surface area contributed by atoms with E-state index in [4.69, 9.17) is 0 Å². The lowest BCUT2D eigenvalue weighted by atomic mass is 10.2. The smallest absolute Gasteiger partial charge is 0.294 e. The fourth-order valence-electron chi connectivity index (χ4n) is 1.55. The van der Waals surface area contributed by atoms with Crippen LogP contribution in [-0.4, -0.2) is 68.9 Å². The van der Waals surface area contributed by atoms with Crippen molar-refractivity contribution in [2.75, 3.05) is 26.4 Å². The van der Waals surface area contributed by atoms with Crippen LogP contribution in [0.15, 0.2) is 0 Å². The molecule has 26 heavy (non-hydrogen) atoms. The van der Waals surface area contributed by atoms with Gasteiger partial charge in [0.2, 0.25) is 0 Å². The summed E-state index contributed by atoms with van der Waals surface area (Å²) in [4.78, 5) is 67.7. The topological polar surface area (TPSA) is 256 Å². The number of hydrogen-bond acceptors (Lipinski definition) is 14. The first-order chi connectivity index (χ1) is 12.0. The molecule has 0 radical (unpaired) electrons. The minimum absolute atomic E-state index is 0.0417. The molecule has 0 N–H and O–H groups in total. The van der Waals surface area contributed by atoms with Crippen molar-refractivity contribution in [1.82, 2.24) is 5.01 Å². The second kappa shape index (κ2) is 10.7. The van der Waals surface area contributed by atoms with Gasteiger partial charge in [-0.3, -0.25) is 0 Å². The van der Waals surface area contributed by atoms with E-state index in [1.165, 1.54) is 0 Å². The van der Waals surface area contributed by atoms with Gasteiger partial charge in [-0.15, -0.1) is 45.5 Å². The summed E-state index contributed by atoms with van der Waals surface area (Å²) >= 11 is 0. The van der Waals surface area contributed by atoms with Gasteiger partial charge in [0.15, 0.2) is 5.03 Å². The fourth-order valence-corrected chi connectivity index (χ4v) is 1.55. The van der Waals surface area contributed by atoms with E-state index in [0.29, 0.717) is 0 Å². The normalized spacial score (nSPS) is 10.1. The number of rotatable bonds is 15. The van der Waals surface area contributed by atoms with Crippen molar-refractivity contribution in [1.29, 1.82) is 0 Å². The summed E-state index contributed by atoms with van der Waals surface area (Å²) in [6, 6.07) is -3.73. The Hall–Kier alpha value is -4.00. The Balaban J connectivity index is 5.48. The maximum absolute atomic E-state index is 11.2. The fraction of sp³-hybridized carbons (Fsp3) is 1.00. The highest BCUT2D eigenvalue weighted by Crippen LogP contribution is 2.11. The molecule has 0 aromatic rings. The highest BCUT2D eigenvalue weighted by molar-refractivity contribution is 4.72. The van der Waals surface area contributed by atoms with Crippen LogP contribution in [0.3, 0.4) is 0 Å². The molecule has 0 amide bonds. The lowest BCUT2D eigenvalue weighted by Crippen LogP contribution is -2.55. The molecule has 0 aliphatic rings. The third-order valence-electron chi connectivity index (χ3n) is 2.43. The summed E-state index contributed by atoms with van der Waals surface area (Å²) in [7, 11) is 0. The van der Waals surface area contributed by atoms with Crippen molar-refractivity contribution < 1.29 is 44.7 Å². The molecule has 20 heteroatoms. The molecule has 0 spiro atoms. The molecule has 0 saturated carbocycles. The number of hydrogen-bond donors (Lipinski definition) is 0. The zero-order valence-electron chi connectivity index (χ0n) is 12.4. The van der Waals surface area contributed by atoms with E-state index in [-0.39, 0.29) is 5.01 Å². The molecular weight excluding hydrogens is 380 g/mol. The van der Waals surface area contributed by atoms with Crippen molar-refractivity contribution in [2.45, 2.75) is 12.1 Å². The van der Waals surface area contributed by atoms with Gasteiger partial charge in [-0.1, -0.05) is 0 Å². The van der Waals surface area contributed by atoms with E-state index in [2.05, 4.69) is 19.4 Å². The first-order valence-electron chi connectivity index (χ1n) is 6.06. The number of nitrogens with zero attached hydrogens (tertiary/aromatic N) is 6. The van der Waals surface area contributed by atoms with Gasteiger partial charge in [-0.2, -0.15) is 0 Å². The van der Waals surface area contributed by atoms with Crippen molar-refractivity contribution in [3.8, 4) is 0 Å². The zero-order valence-corrected chi connectivity index (χ0v) is 12.4. The average Bonchev–Trinajstić information content (AvgIpc) is 2.50. The first kappa shape index (κ1) is 22.0. The molecule has 0 aromatic carbocycles. The first-order valence-corrected chi connectivity index (χ1v) is 6.06. The van der Waals surface area contributed by atoms with Gasteiger partial charge in [0.05, 0.1) is 0 Å². The van der Waals surface area contributed by atoms with Crippen LogP contribution in [0, 0.1) is 50.6 Å². The number of hydrazine groups is 1. The van der Waals surface area contributed by atoms with Crippen LogP contribution in [-0.2, 0) is 19.4 Å². The van der Waals surface area contributed by atoms with Crippen LogP contribution in [0.5, 0.6) is 0 Å². The number of nitro groups is 1. The minimum Gasteiger partial charge on any atom is -0.311 e. The summed E-state index contributed by atoms with van der Waals surface area (Å²) in [5.74, 6) is 0. The monoisotopic (exact) mass is 390 g/mol. The lowest BCUT2D eigenvalue weighted by Gasteiger charge is -2.28. The molecule has 0 rings (SSSR count). The highest BCUT2D eigenvalue weighted by atomic mass is 17.0. The van der Waals surface area contributed by atoms with Crippen molar-refractivity contribution >= 4 is 0 Å². The van der Waals surface area contributed by atoms with Crippen LogP contribution >= 0.6 is 0 Å². The predicted octanol–water partition coefficient (Wildman–Crippen LogP) is -1.95. The van der Waals surface area contributed by atoms with E-state index in [9.17, 15) is 50.6 Å². The summed E-state index contributed by atoms with van der Waals surface area (Å²) in [5, 5.41) is 45.3. The van der Waals surface area contributed by atoms with E-state index < -0.39 is 63.9 Å². The summed E-state index contributed by atoms with van der Waals surface area (Å²) in [6.07, 6.45) is 0. The Bertz CT molecular complexity index is 464. The van der Waals surface area contributed by atoms with E-state index in [1.807, 2.05) is 0 Å². The molecule has 0 aliphatic heterocycles. The van der Waals surface area contributed by atoms with E-state index in [0.717, 1.165) is 0 Å². The van der Waals surface area contributed by atoms with E-state index >= 15 is 0 Å². The van der Waals surface area contributed by atoms with Gasteiger partial charge in [-0.05, 0) is 0 Å². The molecule has 0 unspecified atom stereocenters. The molecule has 0 aromatic heterocycles. The Morgan fingerprint density at radius 2 is 0.808 bits per heavy atom. The largest absolute Gasteiger partial charge is 0.311 e. The van der Waals surface area contributed by atoms with Gasteiger partial charge >= 0.3 is 0 Å². The van der Waals surface area contributed by atoms with Gasteiger partial charge in [0.1, 0.15) is 38.5 Å². The maximum atomic E-state index is 11.2. The molecule has 0 aliphatic carbocycles. The Labute approximate surface area is 140 Å². The third-order valence-corrected chi connectivity index (χ3v) is 2.43. The molecular formula is C6H10N6O14. The Morgan fingerprint density at radius 1 is 0.577 bits per heavy atom. The van der Waals surface area contributed by atoms with Crippen LogP contribution in [0.4, 0.5) is 0 Å². The molecule has 20 nitrogen and oxygen atoms in total. The standard InChI is InChI=1S/C6H10N6O14/c13-8(14)7(5(1-23-9(15)16)2-24-10(17)18)6(3-25-11(19)20)4-26-12(21)22/h5-6H,1-4H2. The molecule has 0 bridgehead atoms. The molecule has 0 heterocycles. The van der Waals surface area contributed by atoms with E-state index in [1.54, 1.807) is 0 Å². The molecule has 0 saturated heterocycles. The van der Waals surface area contributed by atoms with Crippen molar-refractivity contribution in [3.05, 3.63) is 50.6 Å². The summed E-state index contributed by atoms with van der Waals surface area (Å²) < 4.78 is 0. The molecule has 0 atom stereocenters. The lowest BCUT2D eigenvalue weighted by molar-refractivity contribution is -0.785. The van der Waals surface area contributed by atoms with Gasteiger partial charge in [0, 0.05) is 0 Å². The van der Waals surface area contributed by atoms with Gasteiger partial charge < -0.3 is 19.4 Å². The van der Waals surface area contributed by atoms with Crippen LogP contribution in [0.2, 0.25) is 0 Å². The van der Waals surface area contributed by atoms with Gasteiger partial charge in [-0.25, -0.2) is 10.1 Å². The third kappa shape index (κ3) is 9.21. The average molecular weight is 390 g/mol. The Kier molecular flexibility index (Phi) is 9.07. The summed E-state index contributed by atoms with van der Waals surface area (Å²) in [5.41, 5.74) is 0. The van der Waals surface area contributed by atoms with Crippen molar-refractivity contribution in [2.24, 2.45) is 0 Å². The highest BCUT2D eigenvalue weighted by Gasteiger charge is 2.37. The predicted molar refractivity (Wildman–Crippen MR) is 68.2 cm³/mol. The SMILES string of the molecule is O=[N+]([O-])OCC(CO[N+](=O)[O-])N(C(CO[N+](=O)[O-])CO[N+](=O)[O-])[N+](=O)[O-]. The zero-order chi connectivity index (χ0) is 20.3. The Morgan fingerprint density at radius 3 is 0.962 bits per heavy atom. The second-order valence-electron chi connectivity index (χ2n) is 4.00. The van der Waals surface area contributed by atoms with Crippen LogP contribution in [0.1, 0.15) is 0 Å². The van der Waals surface area contributed by atoms with Crippen LogP contribution < -0.4 is 0 Å². The van der Waals surface area contributed by atoms with Gasteiger partial charge in [0.25, 0.3) is 20.3 Å². The molecule has 0 fully saturated rings. The quantitative estimate of drug-likeness (QED) is 0.217. The van der Waals surface area contributed by atoms with Crippen molar-refractivity contribution in [3.63, 3.8) is 0 Å². The van der Waals surface area contributed by atoms with Crippen LogP contribution in [0.25, 0.3) is 0 Å².